The number of halogens is 6. The lowest BCUT2D eigenvalue weighted by Gasteiger charge is -2.27. The van der Waals surface area contributed by atoms with Gasteiger partial charge in [-0.25, -0.2) is 14.4 Å². The molecule has 3 rings (SSSR count). The summed E-state index contributed by atoms with van der Waals surface area (Å²) in [6.07, 6.45) is -4.64. The lowest BCUT2D eigenvalue weighted by molar-refractivity contribution is -0.192. The molecule has 0 bridgehead atoms. The molecule has 2 heterocycles. The highest BCUT2D eigenvalue weighted by Crippen LogP contribution is 2.34. The van der Waals surface area contributed by atoms with Crippen LogP contribution in [0.4, 0.5) is 26.3 Å². The molecule has 0 N–H and O–H groups in total. The molecule has 1 saturated heterocycles. The van der Waals surface area contributed by atoms with E-state index in [-0.39, 0.29) is 23.0 Å². The van der Waals surface area contributed by atoms with Crippen LogP contribution in [0.1, 0.15) is 69.2 Å². The molecule has 4 nitrogen and oxygen atoms in total. The van der Waals surface area contributed by atoms with Gasteiger partial charge in [-0.05, 0) is 56.4 Å². The molecule has 0 aliphatic carbocycles. The number of ether oxygens (including phenoxy) is 2. The largest absolute Gasteiger partial charge is 0.462 e. The predicted octanol–water partition coefficient (Wildman–Crippen LogP) is 7.69. The Hall–Kier alpha value is -3.06. The van der Waals surface area contributed by atoms with E-state index in [0.717, 1.165) is 43.9 Å². The van der Waals surface area contributed by atoms with Crippen molar-refractivity contribution in [1.29, 1.82) is 0 Å². The SMILES string of the molecule is C/C(C#CC(F)(F)F)=C(/F)c1ccc(OC(F)(F)c2ncc(C3CCC(C)CO3)cn2)cc1C.CC. The third kappa shape index (κ3) is 7.98. The lowest BCUT2D eigenvalue weighted by atomic mass is 9.97. The van der Waals surface area contributed by atoms with E-state index in [1.54, 1.807) is 5.92 Å². The zero-order chi connectivity index (χ0) is 27.1. The predicted molar refractivity (Wildman–Crippen MR) is 124 cm³/mol. The van der Waals surface area contributed by atoms with E-state index in [1.165, 1.54) is 19.3 Å². The maximum absolute atomic E-state index is 14.6. The van der Waals surface area contributed by atoms with E-state index >= 15 is 0 Å². The minimum absolute atomic E-state index is 0.0907. The quantitative estimate of drug-likeness (QED) is 0.303. The fourth-order valence-corrected chi connectivity index (χ4v) is 3.36. The van der Waals surface area contributed by atoms with Crippen LogP contribution in [0.5, 0.6) is 5.75 Å². The summed E-state index contributed by atoms with van der Waals surface area (Å²) in [5, 5.41) is 0. The third-order valence-corrected chi connectivity index (χ3v) is 5.21. The minimum Gasteiger partial charge on any atom is -0.427 e. The number of rotatable bonds is 5. The van der Waals surface area contributed by atoms with Gasteiger partial charge in [0.2, 0.25) is 5.82 Å². The van der Waals surface area contributed by atoms with Crippen LogP contribution in [0.2, 0.25) is 0 Å². The molecule has 10 heteroatoms. The average molecular weight is 515 g/mol. The van der Waals surface area contributed by atoms with Crippen molar-refractivity contribution in [2.45, 2.75) is 65.8 Å². The van der Waals surface area contributed by atoms with Crippen molar-refractivity contribution in [2.24, 2.45) is 5.92 Å². The molecule has 0 amide bonds. The summed E-state index contributed by atoms with van der Waals surface area (Å²) in [6, 6.07) is 3.34. The molecule has 2 aromatic rings. The van der Waals surface area contributed by atoms with E-state index < -0.39 is 29.5 Å². The smallest absolute Gasteiger partial charge is 0.427 e. The Morgan fingerprint density at radius 1 is 1.08 bits per heavy atom. The van der Waals surface area contributed by atoms with E-state index in [1.807, 2.05) is 13.8 Å². The normalized spacial score (nSPS) is 18.8. The van der Waals surface area contributed by atoms with Gasteiger partial charge in [-0.2, -0.15) is 22.0 Å². The minimum atomic E-state index is -4.76. The summed E-state index contributed by atoms with van der Waals surface area (Å²) in [7, 11) is 0. The van der Waals surface area contributed by atoms with Gasteiger partial charge in [0.25, 0.3) is 0 Å². The van der Waals surface area contributed by atoms with Crippen LogP contribution in [0.15, 0.2) is 36.2 Å². The maximum atomic E-state index is 14.6. The maximum Gasteiger partial charge on any atom is 0.462 e. The zero-order valence-electron chi connectivity index (χ0n) is 20.6. The summed E-state index contributed by atoms with van der Waals surface area (Å²) in [5.74, 6) is 0.980. The molecule has 0 saturated carbocycles. The number of hydrogen-bond donors (Lipinski definition) is 0. The molecular formula is C26H28F6N2O2. The highest BCUT2D eigenvalue weighted by Gasteiger charge is 2.39. The number of allylic oxidation sites excluding steroid dienone is 1. The van der Waals surface area contributed by atoms with E-state index in [4.69, 9.17) is 9.47 Å². The van der Waals surface area contributed by atoms with Gasteiger partial charge in [0.05, 0.1) is 6.10 Å². The number of hydrogen-bond acceptors (Lipinski definition) is 4. The molecule has 36 heavy (non-hydrogen) atoms. The monoisotopic (exact) mass is 514 g/mol. The second-order valence-electron chi connectivity index (χ2n) is 8.13. The van der Waals surface area contributed by atoms with Crippen LogP contribution in [0, 0.1) is 24.7 Å². The van der Waals surface area contributed by atoms with Crippen LogP contribution in [-0.4, -0.2) is 22.8 Å². The number of nitrogens with zero attached hydrogens (tertiary/aromatic N) is 2. The standard InChI is InChI=1S/C24H22F6N2O2.C2H6/c1-14-4-7-20(33-13-14)17-11-31-22(32-12-17)24(29,30)34-18-5-6-19(16(3)10-18)21(25)15(2)8-9-23(26,27)28;1-2/h5-6,10-12,14,20H,4,7,13H2,1-3H3;1-2H3/b21-15-;. The molecule has 0 spiro atoms. The molecule has 1 aliphatic heterocycles. The van der Waals surface area contributed by atoms with Crippen LogP contribution in [0.3, 0.4) is 0 Å². The summed E-state index contributed by atoms with van der Waals surface area (Å²) >= 11 is 0. The van der Waals surface area contributed by atoms with Crippen molar-refractivity contribution in [3.05, 3.63) is 58.7 Å². The van der Waals surface area contributed by atoms with Gasteiger partial charge in [0.15, 0.2) is 0 Å². The highest BCUT2D eigenvalue weighted by atomic mass is 19.4. The summed E-state index contributed by atoms with van der Waals surface area (Å²) in [4.78, 5) is 7.46. The van der Waals surface area contributed by atoms with Gasteiger partial charge >= 0.3 is 12.3 Å². The van der Waals surface area contributed by atoms with Crippen molar-refractivity contribution < 1.29 is 35.8 Å². The van der Waals surface area contributed by atoms with Gasteiger partial charge in [-0.3, -0.25) is 0 Å². The molecule has 1 aromatic carbocycles. The number of benzene rings is 1. The van der Waals surface area contributed by atoms with Crippen molar-refractivity contribution in [2.75, 3.05) is 6.61 Å². The molecule has 196 valence electrons. The van der Waals surface area contributed by atoms with E-state index in [9.17, 15) is 26.3 Å². The summed E-state index contributed by atoms with van der Waals surface area (Å²) < 4.78 is 90.8. The molecule has 1 aliphatic rings. The Kier molecular flexibility index (Phi) is 9.93. The van der Waals surface area contributed by atoms with Crippen LogP contribution < -0.4 is 4.74 Å². The van der Waals surface area contributed by atoms with Crippen LogP contribution >= 0.6 is 0 Å². The molecule has 2 unspecified atom stereocenters. The first-order chi connectivity index (χ1) is 16.9. The van der Waals surface area contributed by atoms with Crippen LogP contribution in [-0.2, 0) is 10.8 Å². The van der Waals surface area contributed by atoms with Gasteiger partial charge in [-0.1, -0.05) is 26.7 Å². The Labute approximate surface area is 206 Å². The molecule has 1 aromatic heterocycles. The Balaban J connectivity index is 0.00000222. The average Bonchev–Trinajstić information content (AvgIpc) is 2.83. The molecule has 0 radical (unpaired) electrons. The number of aryl methyl sites for hydroxylation is 1. The first-order valence-corrected chi connectivity index (χ1v) is 11.4. The Morgan fingerprint density at radius 3 is 2.25 bits per heavy atom. The van der Waals surface area contributed by atoms with E-state index in [2.05, 4.69) is 16.9 Å². The van der Waals surface area contributed by atoms with Crippen LogP contribution in [0.25, 0.3) is 5.83 Å². The topological polar surface area (TPSA) is 44.2 Å². The second kappa shape index (κ2) is 12.3. The van der Waals surface area contributed by atoms with Crippen molar-refractivity contribution >= 4 is 5.83 Å². The summed E-state index contributed by atoms with van der Waals surface area (Å²) in [5.41, 5.74) is 0.230. The van der Waals surface area contributed by atoms with Crippen molar-refractivity contribution in [3.8, 4) is 17.6 Å². The lowest BCUT2D eigenvalue weighted by Crippen LogP contribution is -2.25. The fraction of sp³-hybridized carbons (Fsp3) is 0.462. The third-order valence-electron chi connectivity index (χ3n) is 5.21. The number of alkyl halides is 5. The first-order valence-electron chi connectivity index (χ1n) is 11.4. The van der Waals surface area contributed by atoms with E-state index in [0.29, 0.717) is 18.1 Å². The fourth-order valence-electron chi connectivity index (χ4n) is 3.36. The highest BCUT2D eigenvalue weighted by molar-refractivity contribution is 5.69. The molecule has 1 fully saturated rings. The first kappa shape index (κ1) is 29.2. The molecular weight excluding hydrogens is 486 g/mol. The van der Waals surface area contributed by atoms with Gasteiger partial charge < -0.3 is 9.47 Å². The van der Waals surface area contributed by atoms with Gasteiger partial charge in [-0.15, -0.1) is 0 Å². The Bertz CT molecular complexity index is 1110. The number of aromatic nitrogens is 2. The molecule has 2 atom stereocenters. The van der Waals surface area contributed by atoms with Gasteiger partial charge in [0, 0.05) is 41.6 Å². The zero-order valence-corrected chi connectivity index (χ0v) is 20.6. The van der Waals surface area contributed by atoms with Crippen molar-refractivity contribution in [3.63, 3.8) is 0 Å². The van der Waals surface area contributed by atoms with Gasteiger partial charge in [0.1, 0.15) is 11.6 Å². The van der Waals surface area contributed by atoms with Crippen molar-refractivity contribution in [1.82, 2.24) is 9.97 Å². The second-order valence-corrected chi connectivity index (χ2v) is 8.13. The summed E-state index contributed by atoms with van der Waals surface area (Å²) in [6.45, 7) is 9.13. The Morgan fingerprint density at radius 2 is 1.72 bits per heavy atom.